The second-order valence-electron chi connectivity index (χ2n) is 7.96. The molecular weight excluding hydrogens is 390 g/mol. The number of nitrogens with zero attached hydrogens (tertiary/aromatic N) is 2. The van der Waals surface area contributed by atoms with Gasteiger partial charge in [0.25, 0.3) is 0 Å². The maximum absolute atomic E-state index is 12.8. The van der Waals surface area contributed by atoms with Crippen molar-refractivity contribution in [3.8, 4) is 0 Å². The van der Waals surface area contributed by atoms with Gasteiger partial charge in [0.1, 0.15) is 0 Å². The molecule has 2 aromatic rings. The maximum atomic E-state index is 12.8. The van der Waals surface area contributed by atoms with Crippen molar-refractivity contribution < 1.29 is 4.79 Å². The number of hydrogen-bond acceptors (Lipinski definition) is 4. The largest absolute Gasteiger partial charge is 0.381 e. The Morgan fingerprint density at radius 1 is 1.15 bits per heavy atom. The average Bonchev–Trinajstić information content (AvgIpc) is 3.47. The van der Waals surface area contributed by atoms with Crippen LogP contribution in [0.1, 0.15) is 48.9 Å². The van der Waals surface area contributed by atoms with Crippen molar-refractivity contribution in [2.24, 2.45) is 5.92 Å². The van der Waals surface area contributed by atoms with Crippen LogP contribution < -0.4 is 5.32 Å². The normalized spacial score (nSPS) is 23.4. The van der Waals surface area contributed by atoms with E-state index in [0.717, 1.165) is 52.3 Å². The number of aromatic nitrogens is 1. The SMILES string of the molecule is CN(C)C1CCC(Nc2c(C(=O)C3CC3)cnc3ccc(Br)cc23)CC1. The monoisotopic (exact) mass is 415 g/mol. The smallest absolute Gasteiger partial charge is 0.169 e. The molecule has 0 atom stereocenters. The van der Waals surface area contributed by atoms with Gasteiger partial charge in [0.15, 0.2) is 5.78 Å². The number of pyridine rings is 1. The van der Waals surface area contributed by atoms with Gasteiger partial charge in [-0.1, -0.05) is 15.9 Å². The van der Waals surface area contributed by atoms with E-state index in [1.54, 1.807) is 6.20 Å². The first-order valence-corrected chi connectivity index (χ1v) is 10.4. The molecule has 0 bridgehead atoms. The highest BCUT2D eigenvalue weighted by atomic mass is 79.9. The molecular formula is C21H26BrN3O. The maximum Gasteiger partial charge on any atom is 0.169 e. The zero-order valence-corrected chi connectivity index (χ0v) is 17.1. The molecule has 1 aromatic heterocycles. The fourth-order valence-corrected chi connectivity index (χ4v) is 4.37. The Morgan fingerprint density at radius 2 is 1.88 bits per heavy atom. The molecule has 2 aliphatic rings. The molecule has 1 aromatic carbocycles. The summed E-state index contributed by atoms with van der Waals surface area (Å²) < 4.78 is 1.02. The molecule has 0 radical (unpaired) electrons. The molecule has 5 heteroatoms. The van der Waals surface area contributed by atoms with Crippen molar-refractivity contribution in [1.29, 1.82) is 0 Å². The molecule has 2 saturated carbocycles. The lowest BCUT2D eigenvalue weighted by Crippen LogP contribution is -2.36. The van der Waals surface area contributed by atoms with E-state index in [1.807, 2.05) is 12.1 Å². The number of rotatable bonds is 5. The van der Waals surface area contributed by atoms with E-state index < -0.39 is 0 Å². The summed E-state index contributed by atoms with van der Waals surface area (Å²) in [6, 6.07) is 7.19. The number of nitrogens with one attached hydrogen (secondary N) is 1. The Hall–Kier alpha value is -1.46. The van der Waals surface area contributed by atoms with Gasteiger partial charge in [-0.2, -0.15) is 0 Å². The first kappa shape index (κ1) is 17.9. The van der Waals surface area contributed by atoms with E-state index in [4.69, 9.17) is 0 Å². The van der Waals surface area contributed by atoms with E-state index >= 15 is 0 Å². The average molecular weight is 416 g/mol. The summed E-state index contributed by atoms with van der Waals surface area (Å²) in [6.45, 7) is 0. The summed E-state index contributed by atoms with van der Waals surface area (Å²) in [4.78, 5) is 19.7. The fraction of sp³-hybridized carbons (Fsp3) is 0.524. The van der Waals surface area contributed by atoms with Crippen LogP contribution in [0, 0.1) is 5.92 Å². The Balaban J connectivity index is 1.66. The van der Waals surface area contributed by atoms with Gasteiger partial charge in [-0.25, -0.2) is 0 Å². The number of hydrogen-bond donors (Lipinski definition) is 1. The minimum absolute atomic E-state index is 0.200. The van der Waals surface area contributed by atoms with Crippen LogP contribution in [0.15, 0.2) is 28.9 Å². The summed E-state index contributed by atoms with van der Waals surface area (Å²) >= 11 is 3.57. The van der Waals surface area contributed by atoms with Crippen LogP contribution in [0.2, 0.25) is 0 Å². The van der Waals surface area contributed by atoms with Crippen molar-refractivity contribution in [2.45, 2.75) is 50.6 Å². The number of benzene rings is 1. The van der Waals surface area contributed by atoms with Crippen LogP contribution in [0.5, 0.6) is 0 Å². The molecule has 1 N–H and O–H groups in total. The highest BCUT2D eigenvalue weighted by molar-refractivity contribution is 9.10. The number of halogens is 1. The minimum Gasteiger partial charge on any atom is -0.381 e. The lowest BCUT2D eigenvalue weighted by atomic mass is 9.90. The molecule has 4 nitrogen and oxygen atoms in total. The van der Waals surface area contributed by atoms with Gasteiger partial charge in [-0.3, -0.25) is 9.78 Å². The van der Waals surface area contributed by atoms with Crippen LogP contribution in [0.25, 0.3) is 10.9 Å². The summed E-state index contributed by atoms with van der Waals surface area (Å²) in [5.74, 6) is 0.454. The van der Waals surface area contributed by atoms with E-state index in [-0.39, 0.29) is 11.7 Å². The first-order valence-electron chi connectivity index (χ1n) is 9.58. The van der Waals surface area contributed by atoms with E-state index in [1.165, 1.54) is 12.8 Å². The Morgan fingerprint density at radius 3 is 2.54 bits per heavy atom. The van der Waals surface area contributed by atoms with Crippen molar-refractivity contribution in [3.05, 3.63) is 34.4 Å². The van der Waals surface area contributed by atoms with Crippen molar-refractivity contribution in [3.63, 3.8) is 0 Å². The van der Waals surface area contributed by atoms with Gasteiger partial charge >= 0.3 is 0 Å². The molecule has 0 saturated heterocycles. The van der Waals surface area contributed by atoms with Crippen molar-refractivity contribution in [1.82, 2.24) is 9.88 Å². The summed E-state index contributed by atoms with van der Waals surface area (Å²) in [6.07, 6.45) is 8.48. The highest BCUT2D eigenvalue weighted by Crippen LogP contribution is 2.38. The molecule has 0 amide bonds. The van der Waals surface area contributed by atoms with Crippen LogP contribution in [0.3, 0.4) is 0 Å². The van der Waals surface area contributed by atoms with Crippen LogP contribution >= 0.6 is 15.9 Å². The van der Waals surface area contributed by atoms with Gasteiger partial charge in [0.2, 0.25) is 0 Å². The molecule has 138 valence electrons. The second kappa shape index (κ2) is 7.28. The predicted octanol–water partition coefficient (Wildman–Crippen LogP) is 4.87. The molecule has 1 heterocycles. The highest BCUT2D eigenvalue weighted by Gasteiger charge is 2.33. The summed E-state index contributed by atoms with van der Waals surface area (Å²) in [5, 5.41) is 4.78. The molecule has 4 rings (SSSR count). The van der Waals surface area contributed by atoms with Gasteiger partial charge in [0, 0.05) is 34.1 Å². The lowest BCUT2D eigenvalue weighted by Gasteiger charge is -2.34. The third-order valence-electron chi connectivity index (χ3n) is 5.82. The van der Waals surface area contributed by atoms with E-state index in [9.17, 15) is 4.79 Å². The van der Waals surface area contributed by atoms with E-state index in [2.05, 4.69) is 51.3 Å². The lowest BCUT2D eigenvalue weighted by molar-refractivity contribution is 0.0968. The number of carbonyl (C=O) groups is 1. The number of Topliss-reactive ketones (excluding diaryl/α,β-unsaturated/α-hetero) is 1. The van der Waals surface area contributed by atoms with Crippen molar-refractivity contribution >= 4 is 38.3 Å². The quantitative estimate of drug-likeness (QED) is 0.707. The fourth-order valence-electron chi connectivity index (χ4n) is 4.01. The first-order chi connectivity index (χ1) is 12.5. The topological polar surface area (TPSA) is 45.2 Å². The predicted molar refractivity (Wildman–Crippen MR) is 110 cm³/mol. The number of ketones is 1. The number of carbonyl (C=O) groups excluding carboxylic acids is 1. The minimum atomic E-state index is 0.200. The third kappa shape index (κ3) is 3.65. The van der Waals surface area contributed by atoms with Gasteiger partial charge in [0.05, 0.1) is 16.8 Å². The van der Waals surface area contributed by atoms with Crippen LogP contribution in [0.4, 0.5) is 5.69 Å². The molecule has 0 unspecified atom stereocenters. The Labute approximate surface area is 163 Å². The van der Waals surface area contributed by atoms with Gasteiger partial charge in [-0.05, 0) is 70.8 Å². The Bertz CT molecular complexity index is 823. The summed E-state index contributed by atoms with van der Waals surface area (Å²) in [5.41, 5.74) is 2.69. The molecule has 2 aliphatic carbocycles. The molecule has 0 spiro atoms. The van der Waals surface area contributed by atoms with Gasteiger partial charge < -0.3 is 10.2 Å². The zero-order chi connectivity index (χ0) is 18.3. The molecule has 0 aliphatic heterocycles. The summed E-state index contributed by atoms with van der Waals surface area (Å²) in [7, 11) is 4.33. The van der Waals surface area contributed by atoms with E-state index in [0.29, 0.717) is 12.1 Å². The third-order valence-corrected chi connectivity index (χ3v) is 6.31. The van der Waals surface area contributed by atoms with Crippen LogP contribution in [-0.4, -0.2) is 41.8 Å². The second-order valence-corrected chi connectivity index (χ2v) is 8.88. The zero-order valence-electron chi connectivity index (χ0n) is 15.5. The van der Waals surface area contributed by atoms with Crippen molar-refractivity contribution in [2.75, 3.05) is 19.4 Å². The number of anilines is 1. The Kier molecular flexibility index (Phi) is 5.02. The number of fused-ring (bicyclic) bond motifs is 1. The molecule has 2 fully saturated rings. The standard InChI is InChI=1S/C21H26BrN3O/c1-25(2)16-8-6-15(7-9-16)24-20-17-11-14(22)5-10-19(17)23-12-18(20)21(26)13-3-4-13/h5,10-13,15-16H,3-4,6-9H2,1-2H3,(H,23,24). The molecule has 26 heavy (non-hydrogen) atoms. The van der Waals surface area contributed by atoms with Crippen LogP contribution in [-0.2, 0) is 0 Å². The van der Waals surface area contributed by atoms with Gasteiger partial charge in [-0.15, -0.1) is 0 Å².